The van der Waals surface area contributed by atoms with Gasteiger partial charge < -0.3 is 4.74 Å². The molecular formula is C22H20F6O. The number of hydrogen-bond donors (Lipinski definition) is 0. The van der Waals surface area contributed by atoms with Crippen LogP contribution in [0.5, 0.6) is 5.75 Å². The summed E-state index contributed by atoms with van der Waals surface area (Å²) in [6.07, 6.45) is 2.15. The van der Waals surface area contributed by atoms with Crippen molar-refractivity contribution in [2.45, 2.75) is 51.8 Å². The van der Waals surface area contributed by atoms with E-state index in [0.29, 0.717) is 30.5 Å². The number of alkyl halides is 3. The van der Waals surface area contributed by atoms with Crippen molar-refractivity contribution in [1.29, 1.82) is 0 Å². The average molecular weight is 414 g/mol. The van der Waals surface area contributed by atoms with Gasteiger partial charge in [-0.05, 0) is 54.5 Å². The van der Waals surface area contributed by atoms with Gasteiger partial charge in [0.25, 0.3) is 0 Å². The SMILES string of the molecule is CCCCCC1=Cc2ccc(-c3cc(F)c(OC(F)(F)F)c(F)c3)c(F)c2CC1. The summed E-state index contributed by atoms with van der Waals surface area (Å²) in [6, 6.07) is 4.34. The van der Waals surface area contributed by atoms with Crippen molar-refractivity contribution in [1.82, 2.24) is 0 Å². The second kappa shape index (κ2) is 8.51. The molecule has 0 unspecified atom stereocenters. The maximum absolute atomic E-state index is 15.0. The maximum atomic E-state index is 15.0. The van der Waals surface area contributed by atoms with Crippen LogP contribution in [0.1, 0.15) is 50.2 Å². The number of hydrogen-bond acceptors (Lipinski definition) is 1. The Balaban J connectivity index is 1.92. The van der Waals surface area contributed by atoms with Gasteiger partial charge in [-0.25, -0.2) is 13.2 Å². The third-order valence-corrected chi connectivity index (χ3v) is 4.96. The number of rotatable bonds is 6. The molecule has 0 saturated heterocycles. The smallest absolute Gasteiger partial charge is 0.399 e. The Morgan fingerprint density at radius 3 is 2.28 bits per heavy atom. The Hall–Kier alpha value is -2.44. The van der Waals surface area contributed by atoms with Crippen LogP contribution in [0.2, 0.25) is 0 Å². The molecule has 0 spiro atoms. The van der Waals surface area contributed by atoms with Crippen LogP contribution in [0.4, 0.5) is 26.3 Å². The number of ether oxygens (including phenoxy) is 1. The lowest BCUT2D eigenvalue weighted by Gasteiger charge is -2.19. The molecule has 0 bridgehead atoms. The molecule has 156 valence electrons. The van der Waals surface area contributed by atoms with Crippen LogP contribution in [0, 0.1) is 17.5 Å². The second-order valence-electron chi connectivity index (χ2n) is 7.07. The highest BCUT2D eigenvalue weighted by Gasteiger charge is 2.34. The molecule has 0 saturated carbocycles. The second-order valence-corrected chi connectivity index (χ2v) is 7.07. The number of halogens is 6. The minimum absolute atomic E-state index is 0.0667. The molecule has 0 N–H and O–H groups in total. The summed E-state index contributed by atoms with van der Waals surface area (Å²) in [5, 5.41) is 0. The Morgan fingerprint density at radius 2 is 1.66 bits per heavy atom. The van der Waals surface area contributed by atoms with E-state index in [1.807, 2.05) is 6.08 Å². The fourth-order valence-corrected chi connectivity index (χ4v) is 3.55. The van der Waals surface area contributed by atoms with E-state index in [1.165, 1.54) is 11.6 Å². The van der Waals surface area contributed by atoms with Crippen LogP contribution < -0.4 is 4.74 Å². The van der Waals surface area contributed by atoms with Gasteiger partial charge in [-0.3, -0.25) is 0 Å². The first-order valence-electron chi connectivity index (χ1n) is 9.45. The van der Waals surface area contributed by atoms with E-state index >= 15 is 4.39 Å². The lowest BCUT2D eigenvalue weighted by atomic mass is 9.87. The number of unbranched alkanes of at least 4 members (excludes halogenated alkanes) is 2. The minimum atomic E-state index is -5.23. The Labute approximate surface area is 165 Å². The fraction of sp³-hybridized carbons (Fsp3) is 0.364. The van der Waals surface area contributed by atoms with Gasteiger partial charge in [0.15, 0.2) is 11.6 Å². The first-order valence-corrected chi connectivity index (χ1v) is 9.45. The van der Waals surface area contributed by atoms with Gasteiger partial charge in [-0.1, -0.05) is 43.5 Å². The summed E-state index contributed by atoms with van der Waals surface area (Å²) >= 11 is 0. The molecule has 0 heterocycles. The zero-order valence-electron chi connectivity index (χ0n) is 15.8. The molecule has 2 aromatic carbocycles. The molecule has 0 atom stereocenters. The fourth-order valence-electron chi connectivity index (χ4n) is 3.55. The van der Waals surface area contributed by atoms with Gasteiger partial charge in [0.05, 0.1) is 0 Å². The van der Waals surface area contributed by atoms with Crippen molar-refractivity contribution >= 4 is 6.08 Å². The predicted octanol–water partition coefficient (Wildman–Crippen LogP) is 7.58. The van der Waals surface area contributed by atoms with Crippen LogP contribution in [0.15, 0.2) is 29.8 Å². The monoisotopic (exact) mass is 414 g/mol. The molecule has 1 aliphatic rings. The van der Waals surface area contributed by atoms with Gasteiger partial charge in [0, 0.05) is 5.56 Å². The zero-order chi connectivity index (χ0) is 21.2. The molecule has 0 aliphatic heterocycles. The maximum Gasteiger partial charge on any atom is 0.573 e. The van der Waals surface area contributed by atoms with Crippen LogP contribution in [0.25, 0.3) is 17.2 Å². The Bertz CT molecular complexity index is 907. The molecule has 1 nitrogen and oxygen atoms in total. The summed E-state index contributed by atoms with van der Waals surface area (Å²) < 4.78 is 83.3. The molecule has 0 fully saturated rings. The van der Waals surface area contributed by atoms with Crippen LogP contribution in [-0.2, 0) is 6.42 Å². The third-order valence-electron chi connectivity index (χ3n) is 4.96. The molecule has 0 radical (unpaired) electrons. The summed E-state index contributed by atoms with van der Waals surface area (Å²) in [6.45, 7) is 2.12. The van der Waals surface area contributed by atoms with Crippen molar-refractivity contribution in [2.75, 3.05) is 0 Å². The van der Waals surface area contributed by atoms with Crippen molar-refractivity contribution in [3.8, 4) is 16.9 Å². The lowest BCUT2D eigenvalue weighted by Crippen LogP contribution is -2.19. The van der Waals surface area contributed by atoms with E-state index in [-0.39, 0.29) is 11.1 Å². The zero-order valence-corrected chi connectivity index (χ0v) is 15.8. The normalized spacial score (nSPS) is 13.8. The van der Waals surface area contributed by atoms with Crippen molar-refractivity contribution in [3.05, 3.63) is 58.4 Å². The van der Waals surface area contributed by atoms with E-state index < -0.39 is 29.6 Å². The van der Waals surface area contributed by atoms with Crippen molar-refractivity contribution < 1.29 is 31.1 Å². The van der Waals surface area contributed by atoms with Crippen LogP contribution in [-0.4, -0.2) is 6.36 Å². The molecule has 2 aromatic rings. The minimum Gasteiger partial charge on any atom is -0.399 e. The summed E-state index contributed by atoms with van der Waals surface area (Å²) in [5.74, 6) is -5.27. The standard InChI is InChI=1S/C22H20F6O/c1-2-3-4-5-13-6-8-16-14(10-13)7-9-17(20(16)25)15-11-18(23)21(19(24)12-15)29-22(26,27)28/h7,9-12H,2-6,8H2,1H3. The van der Waals surface area contributed by atoms with E-state index in [1.54, 1.807) is 6.07 Å². The van der Waals surface area contributed by atoms with Gasteiger partial charge >= 0.3 is 6.36 Å². The summed E-state index contributed by atoms with van der Waals surface area (Å²) in [7, 11) is 0. The number of benzene rings is 2. The number of allylic oxidation sites excluding steroid dienone is 1. The summed E-state index contributed by atoms with van der Waals surface area (Å²) in [4.78, 5) is 0. The van der Waals surface area contributed by atoms with Gasteiger partial charge in [0.1, 0.15) is 5.82 Å². The highest BCUT2D eigenvalue weighted by Crippen LogP contribution is 2.37. The Kier molecular flexibility index (Phi) is 6.24. The molecule has 29 heavy (non-hydrogen) atoms. The number of fused-ring (bicyclic) bond motifs is 1. The molecule has 3 rings (SSSR count). The highest BCUT2D eigenvalue weighted by atomic mass is 19.4. The molecule has 1 aliphatic carbocycles. The Morgan fingerprint density at radius 1 is 0.966 bits per heavy atom. The predicted molar refractivity (Wildman–Crippen MR) is 98.9 cm³/mol. The van der Waals surface area contributed by atoms with Gasteiger partial charge in [-0.2, -0.15) is 0 Å². The van der Waals surface area contributed by atoms with E-state index in [2.05, 4.69) is 11.7 Å². The first-order chi connectivity index (χ1) is 13.7. The quantitative estimate of drug-likeness (QED) is 0.350. The molecular weight excluding hydrogens is 394 g/mol. The topological polar surface area (TPSA) is 9.23 Å². The van der Waals surface area contributed by atoms with E-state index in [4.69, 9.17) is 0 Å². The van der Waals surface area contributed by atoms with Crippen LogP contribution >= 0.6 is 0 Å². The van der Waals surface area contributed by atoms with Crippen molar-refractivity contribution in [2.24, 2.45) is 0 Å². The molecule has 0 aromatic heterocycles. The van der Waals surface area contributed by atoms with Gasteiger partial charge in [0.2, 0.25) is 5.75 Å². The largest absolute Gasteiger partial charge is 0.573 e. The summed E-state index contributed by atoms with van der Waals surface area (Å²) in [5.41, 5.74) is 2.15. The molecule has 7 heteroatoms. The van der Waals surface area contributed by atoms with E-state index in [0.717, 1.165) is 31.2 Å². The molecule has 0 amide bonds. The first kappa shape index (κ1) is 21.3. The van der Waals surface area contributed by atoms with Gasteiger partial charge in [-0.15, -0.1) is 13.2 Å². The highest BCUT2D eigenvalue weighted by molar-refractivity contribution is 5.71. The van der Waals surface area contributed by atoms with E-state index in [9.17, 15) is 22.0 Å². The lowest BCUT2D eigenvalue weighted by molar-refractivity contribution is -0.276. The van der Waals surface area contributed by atoms with Crippen LogP contribution in [0.3, 0.4) is 0 Å². The third kappa shape index (κ3) is 4.95. The van der Waals surface area contributed by atoms with Crippen molar-refractivity contribution in [3.63, 3.8) is 0 Å². The average Bonchev–Trinajstić information content (AvgIpc) is 2.64.